The van der Waals surface area contributed by atoms with Crippen LogP contribution in [0.4, 0.5) is 17.6 Å². The predicted octanol–water partition coefficient (Wildman–Crippen LogP) is 3.81. The first kappa shape index (κ1) is 22.8. The molecule has 0 fully saturated rings. The normalized spacial score (nSPS) is 12.2. The third-order valence-corrected chi connectivity index (χ3v) is 6.31. The molecule has 0 aliphatic rings. The third kappa shape index (κ3) is 5.33. The van der Waals surface area contributed by atoms with Gasteiger partial charge in [0.25, 0.3) is 5.91 Å². The van der Waals surface area contributed by atoms with Gasteiger partial charge in [0.1, 0.15) is 5.82 Å². The molecule has 2 rings (SSSR count). The van der Waals surface area contributed by atoms with E-state index in [4.69, 9.17) is 0 Å². The summed E-state index contributed by atoms with van der Waals surface area (Å²) in [6.45, 7) is 3.59. The zero-order valence-corrected chi connectivity index (χ0v) is 16.6. The number of benzene rings is 2. The van der Waals surface area contributed by atoms with E-state index in [0.29, 0.717) is 5.56 Å². The molecule has 1 amide bonds. The number of rotatable bonds is 7. The molecule has 0 heterocycles. The highest BCUT2D eigenvalue weighted by Crippen LogP contribution is 2.29. The zero-order chi connectivity index (χ0) is 21.8. The van der Waals surface area contributed by atoms with Crippen LogP contribution in [-0.4, -0.2) is 31.7 Å². The Hall–Kier alpha value is -2.46. The highest BCUT2D eigenvalue weighted by atomic mass is 32.2. The predicted molar refractivity (Wildman–Crippen MR) is 99.1 cm³/mol. The third-order valence-electron chi connectivity index (χ3n) is 4.26. The summed E-state index contributed by atoms with van der Waals surface area (Å²) in [5.74, 6) is -1.78. The Balaban J connectivity index is 2.19. The number of hydrogen-bond acceptors (Lipinski definition) is 3. The Kier molecular flexibility index (Phi) is 7.02. The molecule has 1 N–H and O–H groups in total. The minimum absolute atomic E-state index is 0.149. The molecule has 2 aromatic carbocycles. The largest absolute Gasteiger partial charge is 0.416 e. The molecule has 2 aromatic rings. The van der Waals surface area contributed by atoms with Crippen molar-refractivity contribution in [1.82, 2.24) is 9.62 Å². The van der Waals surface area contributed by atoms with Crippen molar-refractivity contribution >= 4 is 15.9 Å². The second-order valence-electron chi connectivity index (χ2n) is 6.11. The summed E-state index contributed by atoms with van der Waals surface area (Å²) in [7, 11) is -3.88. The number of carbonyl (C=O) groups excluding carboxylic acids is 1. The number of amides is 1. The fourth-order valence-electron chi connectivity index (χ4n) is 2.64. The first-order valence-electron chi connectivity index (χ1n) is 8.74. The summed E-state index contributed by atoms with van der Waals surface area (Å²) in [5.41, 5.74) is -0.920. The van der Waals surface area contributed by atoms with Crippen LogP contribution in [0.2, 0.25) is 0 Å². The van der Waals surface area contributed by atoms with Crippen LogP contribution >= 0.6 is 0 Å². The molecule has 0 aromatic heterocycles. The van der Waals surface area contributed by atoms with Crippen molar-refractivity contribution in [3.05, 3.63) is 65.0 Å². The topological polar surface area (TPSA) is 66.5 Å². The minimum Gasteiger partial charge on any atom is -0.348 e. The van der Waals surface area contributed by atoms with Gasteiger partial charge in [-0.25, -0.2) is 12.8 Å². The fraction of sp³-hybridized carbons (Fsp3) is 0.316. The fourth-order valence-corrected chi connectivity index (χ4v) is 4.13. The summed E-state index contributed by atoms with van der Waals surface area (Å²) < 4.78 is 78.1. The van der Waals surface area contributed by atoms with Crippen molar-refractivity contribution in [3.63, 3.8) is 0 Å². The molecule has 10 heteroatoms. The SMILES string of the molecule is CCN(CC)S(=O)(=O)c1ccc(F)c(C(=O)NCc2ccc(C(F)(F)F)cc2)c1. The lowest BCUT2D eigenvalue weighted by Crippen LogP contribution is -2.31. The molecule has 0 spiro atoms. The summed E-state index contributed by atoms with van der Waals surface area (Å²) in [6, 6.07) is 7.06. The first-order valence-corrected chi connectivity index (χ1v) is 10.2. The van der Waals surface area contributed by atoms with Gasteiger partial charge in [0.2, 0.25) is 10.0 Å². The van der Waals surface area contributed by atoms with E-state index in [0.717, 1.165) is 30.3 Å². The van der Waals surface area contributed by atoms with Crippen LogP contribution in [0.3, 0.4) is 0 Å². The van der Waals surface area contributed by atoms with Crippen LogP contribution in [0.25, 0.3) is 0 Å². The van der Waals surface area contributed by atoms with E-state index in [1.165, 1.54) is 16.4 Å². The lowest BCUT2D eigenvalue weighted by atomic mass is 10.1. The van der Waals surface area contributed by atoms with Crippen molar-refractivity contribution < 1.29 is 30.8 Å². The Morgan fingerprint density at radius 3 is 2.14 bits per heavy atom. The lowest BCUT2D eigenvalue weighted by Gasteiger charge is -2.19. The summed E-state index contributed by atoms with van der Waals surface area (Å²) in [5, 5.41) is 2.38. The Morgan fingerprint density at radius 1 is 1.03 bits per heavy atom. The van der Waals surface area contributed by atoms with Gasteiger partial charge in [-0.15, -0.1) is 0 Å². The average molecular weight is 432 g/mol. The van der Waals surface area contributed by atoms with Crippen LogP contribution in [0.1, 0.15) is 35.3 Å². The standard InChI is InChI=1S/C19H20F4N2O3S/c1-3-25(4-2)29(27,28)15-9-10-17(20)16(11-15)18(26)24-12-13-5-7-14(8-6-13)19(21,22)23/h5-11H,3-4,12H2,1-2H3,(H,24,26). The summed E-state index contributed by atoms with van der Waals surface area (Å²) >= 11 is 0. The van der Waals surface area contributed by atoms with Gasteiger partial charge in [0.15, 0.2) is 0 Å². The molecule has 0 saturated heterocycles. The van der Waals surface area contributed by atoms with Crippen molar-refractivity contribution in [3.8, 4) is 0 Å². The smallest absolute Gasteiger partial charge is 0.348 e. The highest BCUT2D eigenvalue weighted by Gasteiger charge is 2.30. The maximum atomic E-state index is 14.1. The number of halogens is 4. The molecule has 0 bridgehead atoms. The highest BCUT2D eigenvalue weighted by molar-refractivity contribution is 7.89. The van der Waals surface area contributed by atoms with E-state index in [2.05, 4.69) is 5.32 Å². The number of hydrogen-bond donors (Lipinski definition) is 1. The second-order valence-corrected chi connectivity index (χ2v) is 8.05. The number of sulfonamides is 1. The maximum absolute atomic E-state index is 14.1. The Morgan fingerprint density at radius 2 is 1.62 bits per heavy atom. The van der Waals surface area contributed by atoms with Gasteiger partial charge >= 0.3 is 6.18 Å². The molecule has 29 heavy (non-hydrogen) atoms. The van der Waals surface area contributed by atoms with Gasteiger partial charge in [-0.1, -0.05) is 26.0 Å². The summed E-state index contributed by atoms with van der Waals surface area (Å²) in [4.78, 5) is 12.1. The quantitative estimate of drug-likeness (QED) is 0.677. The Bertz CT molecular complexity index is 970. The van der Waals surface area contributed by atoms with Crippen molar-refractivity contribution in [1.29, 1.82) is 0 Å². The van der Waals surface area contributed by atoms with Crippen molar-refractivity contribution in [2.75, 3.05) is 13.1 Å². The molecular weight excluding hydrogens is 412 g/mol. The Labute approximate surface area is 166 Å². The van der Waals surface area contributed by atoms with Crippen LogP contribution in [0.15, 0.2) is 47.4 Å². The zero-order valence-electron chi connectivity index (χ0n) is 15.8. The monoisotopic (exact) mass is 432 g/mol. The molecule has 0 radical (unpaired) electrons. The molecule has 0 aliphatic carbocycles. The van der Waals surface area contributed by atoms with Crippen molar-refractivity contribution in [2.45, 2.75) is 31.5 Å². The molecule has 0 atom stereocenters. The molecule has 158 valence electrons. The van der Waals surface area contributed by atoms with Crippen LogP contribution in [-0.2, 0) is 22.7 Å². The van der Waals surface area contributed by atoms with Gasteiger partial charge < -0.3 is 5.32 Å². The average Bonchev–Trinajstić information content (AvgIpc) is 2.66. The maximum Gasteiger partial charge on any atom is 0.416 e. The van der Waals surface area contributed by atoms with Gasteiger partial charge in [0, 0.05) is 19.6 Å². The lowest BCUT2D eigenvalue weighted by molar-refractivity contribution is -0.137. The number of nitrogens with zero attached hydrogens (tertiary/aromatic N) is 1. The van der Waals surface area contributed by atoms with E-state index in [1.54, 1.807) is 13.8 Å². The minimum atomic E-state index is -4.47. The first-order chi connectivity index (χ1) is 13.5. The van der Waals surface area contributed by atoms with Gasteiger partial charge in [-0.3, -0.25) is 4.79 Å². The van der Waals surface area contributed by atoms with Crippen LogP contribution in [0, 0.1) is 5.82 Å². The van der Waals surface area contributed by atoms with Gasteiger partial charge in [-0.05, 0) is 35.9 Å². The van der Waals surface area contributed by atoms with Gasteiger partial charge in [-0.2, -0.15) is 17.5 Å². The molecule has 0 aliphatic heterocycles. The van der Waals surface area contributed by atoms with Gasteiger partial charge in [0.05, 0.1) is 16.0 Å². The molecule has 0 unspecified atom stereocenters. The van der Waals surface area contributed by atoms with E-state index in [9.17, 15) is 30.8 Å². The van der Waals surface area contributed by atoms with E-state index in [-0.39, 0.29) is 24.5 Å². The number of nitrogens with one attached hydrogen (secondary N) is 1. The van der Waals surface area contributed by atoms with E-state index in [1.807, 2.05) is 0 Å². The molecule has 0 saturated carbocycles. The second kappa shape index (κ2) is 8.91. The van der Waals surface area contributed by atoms with E-state index < -0.39 is 39.1 Å². The number of alkyl halides is 3. The van der Waals surface area contributed by atoms with E-state index >= 15 is 0 Å². The van der Waals surface area contributed by atoms with Crippen LogP contribution in [0.5, 0.6) is 0 Å². The number of carbonyl (C=O) groups is 1. The summed E-state index contributed by atoms with van der Waals surface area (Å²) in [6.07, 6.45) is -4.47. The van der Waals surface area contributed by atoms with Crippen LogP contribution < -0.4 is 5.32 Å². The van der Waals surface area contributed by atoms with Crippen molar-refractivity contribution in [2.24, 2.45) is 0 Å². The molecule has 5 nitrogen and oxygen atoms in total. The molecular formula is C19H20F4N2O3S.